The molecule has 1 heterocycles. The van der Waals surface area contributed by atoms with E-state index in [1.165, 1.54) is 6.08 Å². The summed E-state index contributed by atoms with van der Waals surface area (Å²) < 4.78 is 10.5. The summed E-state index contributed by atoms with van der Waals surface area (Å²) in [5, 5.41) is 3.36. The van der Waals surface area contributed by atoms with Crippen molar-refractivity contribution in [3.63, 3.8) is 0 Å². The van der Waals surface area contributed by atoms with Gasteiger partial charge in [0.1, 0.15) is 11.9 Å². The number of methoxy groups -OCH3 is 1. The van der Waals surface area contributed by atoms with Crippen molar-refractivity contribution >= 4 is 23.6 Å². The van der Waals surface area contributed by atoms with Crippen LogP contribution in [0, 0.1) is 0 Å². The highest BCUT2D eigenvalue weighted by atomic mass is 35.5. The number of carbonyl (C=O) groups excluding carboxylic acids is 1. The van der Waals surface area contributed by atoms with Crippen molar-refractivity contribution in [2.45, 2.75) is 6.10 Å². The SMILES string of the molecule is COC(CNC(=O)/C=C/c1ccccc1Cl)c1ccco1. The lowest BCUT2D eigenvalue weighted by Crippen LogP contribution is -2.27. The normalized spacial score (nSPS) is 12.5. The van der Waals surface area contributed by atoms with E-state index >= 15 is 0 Å². The van der Waals surface area contributed by atoms with E-state index in [0.717, 1.165) is 5.56 Å². The molecule has 4 nitrogen and oxygen atoms in total. The van der Waals surface area contributed by atoms with Gasteiger partial charge in [0.05, 0.1) is 12.8 Å². The molecule has 0 spiro atoms. The highest BCUT2D eigenvalue weighted by Crippen LogP contribution is 2.17. The fraction of sp³-hybridized carbons (Fsp3) is 0.188. The van der Waals surface area contributed by atoms with Gasteiger partial charge in [-0.05, 0) is 29.8 Å². The molecule has 21 heavy (non-hydrogen) atoms. The van der Waals surface area contributed by atoms with E-state index in [4.69, 9.17) is 20.8 Å². The highest BCUT2D eigenvalue weighted by molar-refractivity contribution is 6.32. The van der Waals surface area contributed by atoms with Gasteiger partial charge in [-0.25, -0.2) is 0 Å². The molecular weight excluding hydrogens is 290 g/mol. The summed E-state index contributed by atoms with van der Waals surface area (Å²) in [6, 6.07) is 10.9. The number of nitrogens with one attached hydrogen (secondary N) is 1. The van der Waals surface area contributed by atoms with E-state index in [-0.39, 0.29) is 12.0 Å². The van der Waals surface area contributed by atoms with E-state index in [0.29, 0.717) is 17.3 Å². The second-order valence-electron chi connectivity index (χ2n) is 4.34. The van der Waals surface area contributed by atoms with E-state index in [1.807, 2.05) is 18.2 Å². The van der Waals surface area contributed by atoms with Crippen molar-refractivity contribution in [3.8, 4) is 0 Å². The molecular formula is C16H16ClNO3. The van der Waals surface area contributed by atoms with Crippen LogP contribution < -0.4 is 5.32 Å². The molecule has 0 fully saturated rings. The van der Waals surface area contributed by atoms with Gasteiger partial charge in [0.25, 0.3) is 0 Å². The van der Waals surface area contributed by atoms with E-state index in [2.05, 4.69) is 5.32 Å². The van der Waals surface area contributed by atoms with Crippen LogP contribution >= 0.6 is 11.6 Å². The Hall–Kier alpha value is -2.04. The minimum absolute atomic E-state index is 0.219. The topological polar surface area (TPSA) is 51.5 Å². The molecule has 0 radical (unpaired) electrons. The van der Waals surface area contributed by atoms with Crippen molar-refractivity contribution in [2.24, 2.45) is 0 Å². The Balaban J connectivity index is 1.89. The van der Waals surface area contributed by atoms with Gasteiger partial charge in [-0.15, -0.1) is 0 Å². The number of hydrogen-bond donors (Lipinski definition) is 1. The predicted molar refractivity (Wildman–Crippen MR) is 82.0 cm³/mol. The molecule has 1 aromatic heterocycles. The van der Waals surface area contributed by atoms with E-state index < -0.39 is 0 Å². The van der Waals surface area contributed by atoms with Gasteiger partial charge in [-0.1, -0.05) is 29.8 Å². The number of amides is 1. The summed E-state index contributed by atoms with van der Waals surface area (Å²) in [5.74, 6) is 0.455. The van der Waals surface area contributed by atoms with Crippen molar-refractivity contribution in [2.75, 3.05) is 13.7 Å². The number of halogens is 1. The van der Waals surface area contributed by atoms with Crippen LogP contribution in [-0.2, 0) is 9.53 Å². The highest BCUT2D eigenvalue weighted by Gasteiger charge is 2.13. The molecule has 0 saturated heterocycles. The third-order valence-corrected chi connectivity index (χ3v) is 3.27. The van der Waals surface area contributed by atoms with Crippen LogP contribution in [0.2, 0.25) is 5.02 Å². The summed E-state index contributed by atoms with van der Waals surface area (Å²) in [6.07, 6.45) is 4.38. The van der Waals surface area contributed by atoms with Crippen LogP contribution in [0.3, 0.4) is 0 Å². The van der Waals surface area contributed by atoms with Gasteiger partial charge >= 0.3 is 0 Å². The summed E-state index contributed by atoms with van der Waals surface area (Å²) >= 11 is 6.01. The average molecular weight is 306 g/mol. The minimum atomic E-state index is -0.308. The Morgan fingerprint density at radius 3 is 2.86 bits per heavy atom. The maximum Gasteiger partial charge on any atom is 0.244 e. The summed E-state index contributed by atoms with van der Waals surface area (Å²) in [7, 11) is 1.57. The van der Waals surface area contributed by atoms with Crippen LogP contribution in [0.4, 0.5) is 0 Å². The molecule has 0 bridgehead atoms. The van der Waals surface area contributed by atoms with E-state index in [1.54, 1.807) is 37.6 Å². The number of benzene rings is 1. The monoisotopic (exact) mass is 305 g/mol. The first kappa shape index (κ1) is 15.4. The Bertz CT molecular complexity index is 608. The van der Waals surface area contributed by atoms with Crippen molar-refractivity contribution < 1.29 is 13.9 Å². The van der Waals surface area contributed by atoms with Gasteiger partial charge in [-0.2, -0.15) is 0 Å². The smallest absolute Gasteiger partial charge is 0.244 e. The molecule has 0 aliphatic heterocycles. The lowest BCUT2D eigenvalue weighted by molar-refractivity contribution is -0.117. The third-order valence-electron chi connectivity index (χ3n) is 2.93. The minimum Gasteiger partial charge on any atom is -0.467 e. The quantitative estimate of drug-likeness (QED) is 0.832. The Morgan fingerprint density at radius 1 is 1.38 bits per heavy atom. The lowest BCUT2D eigenvalue weighted by atomic mass is 10.2. The molecule has 1 atom stereocenters. The zero-order valence-corrected chi connectivity index (χ0v) is 12.3. The number of furan rings is 1. The summed E-state index contributed by atoms with van der Waals surface area (Å²) in [5.41, 5.74) is 0.795. The second-order valence-corrected chi connectivity index (χ2v) is 4.75. The van der Waals surface area contributed by atoms with Gasteiger partial charge in [0.2, 0.25) is 5.91 Å². The second kappa shape index (κ2) is 7.67. The van der Waals surface area contributed by atoms with Crippen molar-refractivity contribution in [3.05, 3.63) is 65.1 Å². The van der Waals surface area contributed by atoms with Gasteiger partial charge < -0.3 is 14.5 Å². The third kappa shape index (κ3) is 4.48. The Labute approximate surface area is 128 Å². The van der Waals surface area contributed by atoms with Crippen molar-refractivity contribution in [1.29, 1.82) is 0 Å². The summed E-state index contributed by atoms with van der Waals surface area (Å²) in [4.78, 5) is 11.8. The van der Waals surface area contributed by atoms with Gasteiger partial charge in [-0.3, -0.25) is 4.79 Å². The van der Waals surface area contributed by atoms with Gasteiger partial charge in [0.15, 0.2) is 0 Å². The molecule has 0 aliphatic carbocycles. The number of rotatable bonds is 6. The molecule has 0 aliphatic rings. The molecule has 1 aromatic carbocycles. The average Bonchev–Trinajstić information content (AvgIpc) is 3.01. The predicted octanol–water partition coefficient (Wildman–Crippen LogP) is 3.45. The largest absolute Gasteiger partial charge is 0.467 e. The Kier molecular flexibility index (Phi) is 5.60. The zero-order valence-electron chi connectivity index (χ0n) is 11.6. The van der Waals surface area contributed by atoms with Gasteiger partial charge in [0, 0.05) is 18.2 Å². The fourth-order valence-corrected chi connectivity index (χ4v) is 2.00. The molecule has 2 rings (SSSR count). The first-order valence-corrected chi connectivity index (χ1v) is 6.85. The lowest BCUT2D eigenvalue weighted by Gasteiger charge is -2.12. The van der Waals surface area contributed by atoms with Crippen LogP contribution in [0.15, 0.2) is 53.2 Å². The number of carbonyl (C=O) groups is 1. The van der Waals surface area contributed by atoms with Crippen LogP contribution in [-0.4, -0.2) is 19.6 Å². The molecule has 1 amide bonds. The van der Waals surface area contributed by atoms with Crippen molar-refractivity contribution in [1.82, 2.24) is 5.32 Å². The number of hydrogen-bond acceptors (Lipinski definition) is 3. The molecule has 1 unspecified atom stereocenters. The molecule has 1 N–H and O–H groups in total. The zero-order chi connectivity index (χ0) is 15.1. The molecule has 2 aromatic rings. The van der Waals surface area contributed by atoms with E-state index in [9.17, 15) is 4.79 Å². The molecule has 0 saturated carbocycles. The van der Waals surface area contributed by atoms with Crippen LogP contribution in [0.5, 0.6) is 0 Å². The number of ether oxygens (including phenoxy) is 1. The standard InChI is InChI=1S/C16H16ClNO3/c1-20-15(14-7-4-10-21-14)11-18-16(19)9-8-12-5-2-3-6-13(12)17/h2-10,15H,11H2,1H3,(H,18,19)/b9-8+. The molecule has 110 valence electrons. The fourth-order valence-electron chi connectivity index (χ4n) is 1.80. The first-order valence-electron chi connectivity index (χ1n) is 6.47. The maximum absolute atomic E-state index is 11.8. The Morgan fingerprint density at radius 2 is 2.19 bits per heavy atom. The van der Waals surface area contributed by atoms with Crippen LogP contribution in [0.25, 0.3) is 6.08 Å². The summed E-state index contributed by atoms with van der Waals surface area (Å²) in [6.45, 7) is 0.329. The van der Waals surface area contributed by atoms with Crippen LogP contribution in [0.1, 0.15) is 17.4 Å². The maximum atomic E-state index is 11.8. The molecule has 5 heteroatoms. The first-order chi connectivity index (χ1) is 10.2.